The van der Waals surface area contributed by atoms with Crippen LogP contribution in [0.5, 0.6) is 0 Å². The van der Waals surface area contributed by atoms with Crippen LogP contribution >= 0.6 is 0 Å². The summed E-state index contributed by atoms with van der Waals surface area (Å²) in [6, 6.07) is 9.08. The molecule has 1 saturated carbocycles. The summed E-state index contributed by atoms with van der Waals surface area (Å²) in [7, 11) is 0. The molecule has 23 heavy (non-hydrogen) atoms. The number of amides is 2. The number of carbonyl (C=O) groups excluding carboxylic acids is 2. The van der Waals surface area contributed by atoms with E-state index in [1.807, 2.05) is 18.2 Å². The Balaban J connectivity index is 1.64. The van der Waals surface area contributed by atoms with Crippen molar-refractivity contribution in [3.63, 3.8) is 0 Å². The first-order valence-corrected chi connectivity index (χ1v) is 7.86. The molecule has 1 aromatic heterocycles. The average Bonchev–Trinajstić information content (AvgIpc) is 3.17. The molecule has 2 amide bonds. The molecule has 1 fully saturated rings. The molecule has 0 saturated heterocycles. The van der Waals surface area contributed by atoms with Gasteiger partial charge in [0.2, 0.25) is 5.91 Å². The van der Waals surface area contributed by atoms with Gasteiger partial charge in [-0.1, -0.05) is 12.8 Å². The van der Waals surface area contributed by atoms with E-state index in [1.54, 1.807) is 18.3 Å². The van der Waals surface area contributed by atoms with Crippen LogP contribution in [0.4, 0.5) is 11.4 Å². The van der Waals surface area contributed by atoms with Gasteiger partial charge in [0, 0.05) is 23.8 Å². The molecular weight excluding hydrogens is 290 g/mol. The van der Waals surface area contributed by atoms with Gasteiger partial charge in [0.1, 0.15) is 0 Å². The monoisotopic (exact) mass is 307 g/mol. The van der Waals surface area contributed by atoms with Crippen molar-refractivity contribution < 1.29 is 9.59 Å². The highest BCUT2D eigenvalue weighted by atomic mass is 16.2. The number of benzene rings is 1. The summed E-state index contributed by atoms with van der Waals surface area (Å²) in [6.07, 6.45) is 7.06. The number of anilines is 2. The minimum Gasteiger partial charge on any atom is -0.325 e. The Labute approximate surface area is 134 Å². The summed E-state index contributed by atoms with van der Waals surface area (Å²) in [5.74, 6) is -0.100. The molecule has 2 N–H and O–H groups in total. The van der Waals surface area contributed by atoms with Crippen LogP contribution in [0, 0.1) is 0 Å². The summed E-state index contributed by atoms with van der Waals surface area (Å²) in [5, 5.41) is 5.87. The average molecular weight is 307 g/mol. The standard InChI is InChI=1S/C18H17N3O2/c22-16(12-4-3-9-19-11-12)20-13-5-6-15-14(10-13)18(17(23)21-15)7-1-2-8-18/h3-6,9-11H,1-2,7-8H2,(H,20,22)(H,21,23). The van der Waals surface area contributed by atoms with E-state index in [0.29, 0.717) is 11.3 Å². The van der Waals surface area contributed by atoms with Crippen molar-refractivity contribution in [2.75, 3.05) is 10.6 Å². The van der Waals surface area contributed by atoms with E-state index in [-0.39, 0.29) is 11.8 Å². The summed E-state index contributed by atoms with van der Waals surface area (Å²) < 4.78 is 0. The van der Waals surface area contributed by atoms with Gasteiger partial charge in [-0.3, -0.25) is 14.6 Å². The van der Waals surface area contributed by atoms with Gasteiger partial charge in [-0.2, -0.15) is 0 Å². The molecule has 0 bridgehead atoms. The molecule has 2 aromatic rings. The lowest BCUT2D eigenvalue weighted by Crippen LogP contribution is -2.31. The number of rotatable bonds is 2. The van der Waals surface area contributed by atoms with Crippen LogP contribution in [0.25, 0.3) is 0 Å². The fourth-order valence-electron chi connectivity index (χ4n) is 3.67. The minimum atomic E-state index is -0.398. The first-order chi connectivity index (χ1) is 11.2. The normalized spacial score (nSPS) is 17.8. The molecule has 1 aliphatic carbocycles. The van der Waals surface area contributed by atoms with Gasteiger partial charge in [-0.05, 0) is 48.7 Å². The Morgan fingerprint density at radius 2 is 2.04 bits per heavy atom. The Hall–Kier alpha value is -2.69. The maximum absolute atomic E-state index is 12.4. The van der Waals surface area contributed by atoms with Crippen molar-refractivity contribution in [1.82, 2.24) is 4.98 Å². The number of carbonyl (C=O) groups is 2. The molecule has 5 heteroatoms. The number of nitrogens with one attached hydrogen (secondary N) is 2. The third-order valence-electron chi connectivity index (χ3n) is 4.86. The van der Waals surface area contributed by atoms with Crippen molar-refractivity contribution in [3.05, 3.63) is 53.9 Å². The van der Waals surface area contributed by atoms with Crippen molar-refractivity contribution in [1.29, 1.82) is 0 Å². The molecule has 0 atom stereocenters. The molecule has 116 valence electrons. The van der Waals surface area contributed by atoms with Crippen molar-refractivity contribution in [3.8, 4) is 0 Å². The predicted octanol–water partition coefficient (Wildman–Crippen LogP) is 3.10. The third-order valence-corrected chi connectivity index (χ3v) is 4.86. The number of pyridine rings is 1. The van der Waals surface area contributed by atoms with Crippen LogP contribution < -0.4 is 10.6 Å². The summed E-state index contributed by atoms with van der Waals surface area (Å²) >= 11 is 0. The Bertz CT molecular complexity index is 780. The minimum absolute atomic E-state index is 0.0979. The van der Waals surface area contributed by atoms with Crippen molar-refractivity contribution in [2.45, 2.75) is 31.1 Å². The number of fused-ring (bicyclic) bond motifs is 2. The largest absolute Gasteiger partial charge is 0.325 e. The van der Waals surface area contributed by atoms with Gasteiger partial charge in [0.15, 0.2) is 0 Å². The zero-order valence-corrected chi connectivity index (χ0v) is 12.6. The van der Waals surface area contributed by atoms with Crippen LogP contribution in [0.2, 0.25) is 0 Å². The van der Waals surface area contributed by atoms with Crippen molar-refractivity contribution in [2.24, 2.45) is 0 Å². The first-order valence-electron chi connectivity index (χ1n) is 7.86. The predicted molar refractivity (Wildman–Crippen MR) is 87.4 cm³/mol. The maximum Gasteiger partial charge on any atom is 0.257 e. The van der Waals surface area contributed by atoms with E-state index < -0.39 is 5.41 Å². The van der Waals surface area contributed by atoms with Crippen molar-refractivity contribution >= 4 is 23.2 Å². The van der Waals surface area contributed by atoms with Gasteiger partial charge < -0.3 is 10.6 Å². The van der Waals surface area contributed by atoms with Crippen LogP contribution in [-0.2, 0) is 10.2 Å². The SMILES string of the molecule is O=C(Nc1ccc2c(c1)C1(CCCC1)C(=O)N2)c1cccnc1. The first kappa shape index (κ1) is 13.9. The number of nitrogens with zero attached hydrogens (tertiary/aromatic N) is 1. The number of hydrogen-bond donors (Lipinski definition) is 2. The maximum atomic E-state index is 12.4. The zero-order chi connectivity index (χ0) is 15.9. The third kappa shape index (κ3) is 2.20. The Morgan fingerprint density at radius 3 is 2.78 bits per heavy atom. The fraction of sp³-hybridized carbons (Fsp3) is 0.278. The van der Waals surface area contributed by atoms with Crippen LogP contribution in [0.1, 0.15) is 41.6 Å². The zero-order valence-electron chi connectivity index (χ0n) is 12.6. The molecule has 0 unspecified atom stereocenters. The second kappa shape index (κ2) is 5.19. The van der Waals surface area contributed by atoms with E-state index in [2.05, 4.69) is 15.6 Å². The lowest BCUT2D eigenvalue weighted by atomic mass is 9.80. The number of hydrogen-bond acceptors (Lipinski definition) is 3. The van der Waals surface area contributed by atoms with Gasteiger partial charge in [0.05, 0.1) is 11.0 Å². The molecular formula is C18H17N3O2. The van der Waals surface area contributed by atoms with Gasteiger partial charge >= 0.3 is 0 Å². The Morgan fingerprint density at radius 1 is 1.22 bits per heavy atom. The van der Waals surface area contributed by atoms with Gasteiger partial charge in [0.25, 0.3) is 5.91 Å². The van der Waals surface area contributed by atoms with Gasteiger partial charge in [-0.25, -0.2) is 0 Å². The molecule has 1 spiro atoms. The second-order valence-electron chi connectivity index (χ2n) is 6.20. The van der Waals surface area contributed by atoms with Crippen LogP contribution in [0.15, 0.2) is 42.7 Å². The smallest absolute Gasteiger partial charge is 0.257 e. The lowest BCUT2D eigenvalue weighted by Gasteiger charge is -2.21. The molecule has 2 heterocycles. The Kier molecular flexibility index (Phi) is 3.15. The van der Waals surface area contributed by atoms with E-state index in [0.717, 1.165) is 36.9 Å². The lowest BCUT2D eigenvalue weighted by molar-refractivity contribution is -0.120. The van der Waals surface area contributed by atoms with E-state index in [4.69, 9.17) is 0 Å². The van der Waals surface area contributed by atoms with E-state index in [1.165, 1.54) is 6.20 Å². The molecule has 1 aromatic carbocycles. The fourth-order valence-corrected chi connectivity index (χ4v) is 3.67. The van der Waals surface area contributed by atoms with E-state index >= 15 is 0 Å². The molecule has 2 aliphatic rings. The second-order valence-corrected chi connectivity index (χ2v) is 6.20. The molecule has 1 aliphatic heterocycles. The molecule has 0 radical (unpaired) electrons. The topological polar surface area (TPSA) is 71.1 Å². The highest BCUT2D eigenvalue weighted by Crippen LogP contribution is 2.49. The molecule has 5 nitrogen and oxygen atoms in total. The van der Waals surface area contributed by atoms with Crippen LogP contribution in [0.3, 0.4) is 0 Å². The highest BCUT2D eigenvalue weighted by Gasteiger charge is 2.48. The summed E-state index contributed by atoms with van der Waals surface area (Å²) in [5.41, 5.74) is 2.71. The highest BCUT2D eigenvalue weighted by molar-refractivity contribution is 6.08. The summed E-state index contributed by atoms with van der Waals surface area (Å²) in [4.78, 5) is 28.6. The van der Waals surface area contributed by atoms with E-state index in [9.17, 15) is 9.59 Å². The quantitative estimate of drug-likeness (QED) is 0.895. The molecule has 4 rings (SSSR count). The van der Waals surface area contributed by atoms with Crippen LogP contribution in [-0.4, -0.2) is 16.8 Å². The summed E-state index contributed by atoms with van der Waals surface area (Å²) in [6.45, 7) is 0. The van der Waals surface area contributed by atoms with Gasteiger partial charge in [-0.15, -0.1) is 0 Å². The number of aromatic nitrogens is 1.